The van der Waals surface area contributed by atoms with Gasteiger partial charge < -0.3 is 9.30 Å². The Kier molecular flexibility index (Phi) is 4.56. The molecule has 0 aliphatic carbocycles. The number of thiazole rings is 1. The Bertz CT molecular complexity index is 625. The number of rotatable bonds is 4. The molecule has 102 valence electrons. The van der Waals surface area contributed by atoms with E-state index < -0.39 is 0 Å². The van der Waals surface area contributed by atoms with Crippen molar-refractivity contribution in [3.63, 3.8) is 0 Å². The maximum absolute atomic E-state index is 5.16. The summed E-state index contributed by atoms with van der Waals surface area (Å²) in [5, 5.41) is 2.14. The summed E-state index contributed by atoms with van der Waals surface area (Å²) in [5.74, 6) is 0. The Hall–Kier alpha value is -1.39. The molecular formula is C15H20N2OS. The predicted octanol–water partition coefficient (Wildman–Crippen LogP) is 3.35. The van der Waals surface area contributed by atoms with Crippen LogP contribution in [-0.2, 0) is 11.3 Å². The minimum Gasteiger partial charge on any atom is -0.383 e. The van der Waals surface area contributed by atoms with Crippen LogP contribution in [0.4, 0.5) is 5.69 Å². The van der Waals surface area contributed by atoms with Gasteiger partial charge in [0.1, 0.15) is 0 Å². The number of hydrogen-bond donors (Lipinski definition) is 0. The number of nitrogens with zero attached hydrogens (tertiary/aromatic N) is 2. The van der Waals surface area contributed by atoms with Crippen molar-refractivity contribution < 1.29 is 4.74 Å². The molecule has 0 unspecified atom stereocenters. The average Bonchev–Trinajstić information content (AvgIpc) is 2.72. The van der Waals surface area contributed by atoms with E-state index in [4.69, 9.17) is 9.73 Å². The van der Waals surface area contributed by atoms with Crippen molar-refractivity contribution in [2.75, 3.05) is 13.7 Å². The van der Waals surface area contributed by atoms with Crippen LogP contribution < -0.4 is 4.80 Å². The minimum absolute atomic E-state index is 0.706. The highest BCUT2D eigenvalue weighted by Gasteiger charge is 2.02. The Labute approximate surface area is 118 Å². The number of hydrogen-bond acceptors (Lipinski definition) is 3. The summed E-state index contributed by atoms with van der Waals surface area (Å²) in [6, 6.07) is 6.37. The third-order valence-corrected chi connectivity index (χ3v) is 4.07. The first kappa shape index (κ1) is 14.0. The number of aromatic nitrogens is 1. The van der Waals surface area contributed by atoms with Gasteiger partial charge in [-0.25, -0.2) is 4.99 Å². The molecule has 3 nitrogen and oxygen atoms in total. The van der Waals surface area contributed by atoms with Crippen LogP contribution in [0.2, 0.25) is 0 Å². The summed E-state index contributed by atoms with van der Waals surface area (Å²) in [6.07, 6.45) is 0. The Morgan fingerprint density at radius 3 is 2.79 bits per heavy atom. The average molecular weight is 276 g/mol. The molecule has 0 N–H and O–H groups in total. The van der Waals surface area contributed by atoms with E-state index in [-0.39, 0.29) is 0 Å². The van der Waals surface area contributed by atoms with Crippen molar-refractivity contribution in [1.29, 1.82) is 0 Å². The van der Waals surface area contributed by atoms with Gasteiger partial charge in [0, 0.05) is 24.7 Å². The molecule has 0 bridgehead atoms. The molecule has 0 fully saturated rings. The highest BCUT2D eigenvalue weighted by Crippen LogP contribution is 2.19. The normalized spacial score (nSPS) is 12.1. The van der Waals surface area contributed by atoms with E-state index in [9.17, 15) is 0 Å². The summed E-state index contributed by atoms with van der Waals surface area (Å²) in [5.41, 5.74) is 4.72. The zero-order valence-corrected chi connectivity index (χ0v) is 12.8. The highest BCUT2D eigenvalue weighted by atomic mass is 32.1. The van der Waals surface area contributed by atoms with E-state index >= 15 is 0 Å². The molecule has 0 aliphatic rings. The SMILES string of the molecule is COCCn1c(C)csc1=Nc1cc(C)ccc1C. The van der Waals surface area contributed by atoms with Crippen molar-refractivity contribution in [2.24, 2.45) is 4.99 Å². The molecule has 1 heterocycles. The zero-order chi connectivity index (χ0) is 13.8. The fourth-order valence-electron chi connectivity index (χ4n) is 1.90. The van der Waals surface area contributed by atoms with Crippen LogP contribution in [0, 0.1) is 20.8 Å². The molecule has 1 aromatic carbocycles. The van der Waals surface area contributed by atoms with Crippen LogP contribution in [0.3, 0.4) is 0 Å². The molecule has 0 aliphatic heterocycles. The van der Waals surface area contributed by atoms with E-state index in [0.29, 0.717) is 6.61 Å². The van der Waals surface area contributed by atoms with Gasteiger partial charge in [0.15, 0.2) is 4.80 Å². The maximum Gasteiger partial charge on any atom is 0.190 e. The second kappa shape index (κ2) is 6.17. The summed E-state index contributed by atoms with van der Waals surface area (Å²) < 4.78 is 7.36. The molecule has 2 aromatic rings. The molecule has 0 atom stereocenters. The standard InChI is InChI=1S/C15H20N2OS/c1-11-5-6-12(2)14(9-11)16-15-17(7-8-18-4)13(3)10-19-15/h5-6,9-10H,7-8H2,1-4H3. The molecule has 0 amide bonds. The molecule has 4 heteroatoms. The second-order valence-electron chi connectivity index (χ2n) is 4.71. The first-order chi connectivity index (χ1) is 9.11. The molecule has 2 rings (SSSR count). The van der Waals surface area contributed by atoms with Crippen molar-refractivity contribution in [1.82, 2.24) is 4.57 Å². The fourth-order valence-corrected chi connectivity index (χ4v) is 2.82. The van der Waals surface area contributed by atoms with Gasteiger partial charge in [-0.3, -0.25) is 0 Å². The molecule has 0 spiro atoms. The van der Waals surface area contributed by atoms with E-state index in [2.05, 4.69) is 48.9 Å². The van der Waals surface area contributed by atoms with Gasteiger partial charge in [0.2, 0.25) is 0 Å². The lowest BCUT2D eigenvalue weighted by Crippen LogP contribution is -2.18. The van der Waals surface area contributed by atoms with Crippen LogP contribution in [0.15, 0.2) is 28.6 Å². The zero-order valence-electron chi connectivity index (χ0n) is 11.9. The Balaban J connectivity index is 2.45. The third-order valence-electron chi connectivity index (χ3n) is 3.09. The maximum atomic E-state index is 5.16. The smallest absolute Gasteiger partial charge is 0.190 e. The Morgan fingerprint density at radius 1 is 1.26 bits per heavy atom. The van der Waals surface area contributed by atoms with E-state index in [1.165, 1.54) is 16.8 Å². The van der Waals surface area contributed by atoms with Crippen LogP contribution in [0.1, 0.15) is 16.8 Å². The fraction of sp³-hybridized carbons (Fsp3) is 0.400. The highest BCUT2D eigenvalue weighted by molar-refractivity contribution is 7.07. The van der Waals surface area contributed by atoms with Gasteiger partial charge >= 0.3 is 0 Å². The molecule has 0 radical (unpaired) electrons. The summed E-state index contributed by atoms with van der Waals surface area (Å²) in [6.45, 7) is 7.84. The lowest BCUT2D eigenvalue weighted by Gasteiger charge is -2.05. The van der Waals surface area contributed by atoms with Crippen molar-refractivity contribution in [3.8, 4) is 0 Å². The number of methoxy groups -OCH3 is 1. The number of benzene rings is 1. The summed E-state index contributed by atoms with van der Waals surface area (Å²) in [7, 11) is 1.73. The summed E-state index contributed by atoms with van der Waals surface area (Å²) in [4.78, 5) is 5.83. The van der Waals surface area contributed by atoms with Crippen molar-refractivity contribution in [3.05, 3.63) is 45.2 Å². The monoisotopic (exact) mass is 276 g/mol. The third kappa shape index (κ3) is 3.33. The van der Waals surface area contributed by atoms with Crippen LogP contribution in [0.5, 0.6) is 0 Å². The van der Waals surface area contributed by atoms with E-state index in [1.54, 1.807) is 18.4 Å². The van der Waals surface area contributed by atoms with Gasteiger partial charge in [-0.05, 0) is 38.0 Å². The predicted molar refractivity (Wildman–Crippen MR) is 80.1 cm³/mol. The Morgan fingerprint density at radius 2 is 2.05 bits per heavy atom. The summed E-state index contributed by atoms with van der Waals surface area (Å²) >= 11 is 1.68. The van der Waals surface area contributed by atoms with E-state index in [1.807, 2.05) is 0 Å². The van der Waals surface area contributed by atoms with Gasteiger partial charge in [0.05, 0.1) is 12.3 Å². The minimum atomic E-state index is 0.706. The quantitative estimate of drug-likeness (QED) is 0.841. The largest absolute Gasteiger partial charge is 0.383 e. The van der Waals surface area contributed by atoms with Gasteiger partial charge in [-0.15, -0.1) is 11.3 Å². The van der Waals surface area contributed by atoms with Crippen LogP contribution in [-0.4, -0.2) is 18.3 Å². The first-order valence-corrected chi connectivity index (χ1v) is 7.25. The van der Waals surface area contributed by atoms with Crippen molar-refractivity contribution in [2.45, 2.75) is 27.3 Å². The van der Waals surface area contributed by atoms with Gasteiger partial charge in [0.25, 0.3) is 0 Å². The van der Waals surface area contributed by atoms with Gasteiger partial charge in [-0.1, -0.05) is 12.1 Å². The number of ether oxygens (including phenoxy) is 1. The molecular weight excluding hydrogens is 256 g/mol. The first-order valence-electron chi connectivity index (χ1n) is 6.37. The van der Waals surface area contributed by atoms with E-state index in [0.717, 1.165) is 17.0 Å². The number of aryl methyl sites for hydroxylation is 3. The topological polar surface area (TPSA) is 26.5 Å². The van der Waals surface area contributed by atoms with Crippen LogP contribution in [0.25, 0.3) is 0 Å². The van der Waals surface area contributed by atoms with Crippen LogP contribution >= 0.6 is 11.3 Å². The molecule has 0 saturated heterocycles. The molecule has 0 saturated carbocycles. The molecule has 1 aromatic heterocycles. The lowest BCUT2D eigenvalue weighted by molar-refractivity contribution is 0.186. The second-order valence-corrected chi connectivity index (χ2v) is 5.54. The molecule has 19 heavy (non-hydrogen) atoms. The van der Waals surface area contributed by atoms with Gasteiger partial charge in [-0.2, -0.15) is 0 Å². The van der Waals surface area contributed by atoms with Crippen molar-refractivity contribution >= 4 is 17.0 Å². The lowest BCUT2D eigenvalue weighted by atomic mass is 10.1.